The van der Waals surface area contributed by atoms with Crippen LogP contribution < -0.4 is 5.73 Å². The molecule has 1 aromatic rings. The largest absolute Gasteiger partial charge is 0.382 e. The highest BCUT2D eigenvalue weighted by Gasteiger charge is 2.06. The van der Waals surface area contributed by atoms with Crippen LogP contribution >= 0.6 is 0 Å². The van der Waals surface area contributed by atoms with Gasteiger partial charge in [0.15, 0.2) is 0 Å². The molecule has 0 heterocycles. The van der Waals surface area contributed by atoms with Gasteiger partial charge in [-0.15, -0.1) is 0 Å². The lowest BCUT2D eigenvalue weighted by molar-refractivity contribution is 0.0636. The predicted octanol–water partition coefficient (Wildman–Crippen LogP) is 2.55. The summed E-state index contributed by atoms with van der Waals surface area (Å²) in [4.78, 5) is 0. The molecule has 1 atom stereocenters. The topological polar surface area (TPSA) is 44.5 Å². The van der Waals surface area contributed by atoms with Gasteiger partial charge in [0.1, 0.15) is 0 Å². The minimum atomic E-state index is -0.0602. The Morgan fingerprint density at radius 1 is 1.11 bits per heavy atom. The van der Waals surface area contributed by atoms with Crippen LogP contribution in [-0.4, -0.2) is 26.9 Å². The summed E-state index contributed by atoms with van der Waals surface area (Å²) >= 11 is 0. The van der Waals surface area contributed by atoms with E-state index in [4.69, 9.17) is 15.2 Å². The van der Waals surface area contributed by atoms with E-state index in [2.05, 4.69) is 38.1 Å². The van der Waals surface area contributed by atoms with Gasteiger partial charge >= 0.3 is 0 Å². The molecule has 0 spiro atoms. The maximum Gasteiger partial charge on any atom is 0.0701 e. The first-order valence-corrected chi connectivity index (χ1v) is 6.54. The molecule has 0 saturated carbocycles. The zero-order valence-corrected chi connectivity index (χ0v) is 11.7. The first-order valence-electron chi connectivity index (χ1n) is 6.54. The van der Waals surface area contributed by atoms with Crippen LogP contribution in [-0.2, 0) is 15.9 Å². The Kier molecular flexibility index (Phi) is 6.94. The molecule has 1 unspecified atom stereocenters. The van der Waals surface area contributed by atoms with Crippen LogP contribution in [0.5, 0.6) is 0 Å². The van der Waals surface area contributed by atoms with E-state index < -0.39 is 0 Å². The van der Waals surface area contributed by atoms with Crippen molar-refractivity contribution in [1.29, 1.82) is 0 Å². The number of hydrogen-bond donors (Lipinski definition) is 1. The Hall–Kier alpha value is -0.900. The van der Waals surface area contributed by atoms with Crippen LogP contribution in [0.15, 0.2) is 24.3 Å². The van der Waals surface area contributed by atoms with E-state index in [0.717, 1.165) is 12.0 Å². The molecule has 0 saturated heterocycles. The Labute approximate surface area is 110 Å². The van der Waals surface area contributed by atoms with E-state index in [1.165, 1.54) is 5.56 Å². The minimum Gasteiger partial charge on any atom is -0.382 e. The van der Waals surface area contributed by atoms with Crippen LogP contribution in [0.1, 0.15) is 31.0 Å². The number of rotatable bonds is 8. The molecule has 3 heteroatoms. The summed E-state index contributed by atoms with van der Waals surface area (Å²) in [7, 11) is 1.66. The number of nitrogens with two attached hydrogens (primary N) is 1. The molecule has 102 valence electrons. The third kappa shape index (κ3) is 5.63. The highest BCUT2D eigenvalue weighted by atomic mass is 16.5. The summed E-state index contributed by atoms with van der Waals surface area (Å²) in [6, 6.07) is 8.45. The zero-order valence-electron chi connectivity index (χ0n) is 11.7. The Morgan fingerprint density at radius 2 is 1.78 bits per heavy atom. The van der Waals surface area contributed by atoms with Gasteiger partial charge in [-0.1, -0.05) is 38.1 Å². The number of ether oxygens (including phenoxy) is 2. The molecule has 1 aromatic carbocycles. The molecule has 3 nitrogen and oxygen atoms in total. The molecule has 0 aromatic heterocycles. The second-order valence-corrected chi connectivity index (χ2v) is 5.01. The molecular weight excluding hydrogens is 226 g/mol. The molecule has 0 fully saturated rings. The predicted molar refractivity (Wildman–Crippen MR) is 74.6 cm³/mol. The van der Waals surface area contributed by atoms with Crippen molar-refractivity contribution in [2.24, 2.45) is 11.7 Å². The van der Waals surface area contributed by atoms with Gasteiger partial charge < -0.3 is 15.2 Å². The summed E-state index contributed by atoms with van der Waals surface area (Å²) in [5, 5.41) is 0. The summed E-state index contributed by atoms with van der Waals surface area (Å²) < 4.78 is 10.4. The molecular formula is C15H25NO2. The van der Waals surface area contributed by atoms with Crippen molar-refractivity contribution < 1.29 is 9.47 Å². The SMILES string of the molecule is COCCOCC(N)c1ccc(CC(C)C)cc1. The number of benzene rings is 1. The number of hydrogen-bond acceptors (Lipinski definition) is 3. The third-order valence-electron chi connectivity index (χ3n) is 2.78. The Balaban J connectivity index is 2.41. The molecule has 18 heavy (non-hydrogen) atoms. The van der Waals surface area contributed by atoms with E-state index in [1.807, 2.05) is 0 Å². The van der Waals surface area contributed by atoms with E-state index in [1.54, 1.807) is 7.11 Å². The highest BCUT2D eigenvalue weighted by molar-refractivity contribution is 5.25. The smallest absolute Gasteiger partial charge is 0.0701 e. The molecule has 0 amide bonds. The Morgan fingerprint density at radius 3 is 2.33 bits per heavy atom. The third-order valence-corrected chi connectivity index (χ3v) is 2.78. The van der Waals surface area contributed by atoms with Gasteiger partial charge in [-0.25, -0.2) is 0 Å². The van der Waals surface area contributed by atoms with Gasteiger partial charge in [-0.2, -0.15) is 0 Å². The van der Waals surface area contributed by atoms with Crippen LogP contribution in [0, 0.1) is 5.92 Å². The van der Waals surface area contributed by atoms with Crippen LogP contribution in [0.4, 0.5) is 0 Å². The monoisotopic (exact) mass is 251 g/mol. The van der Waals surface area contributed by atoms with Crippen LogP contribution in [0.25, 0.3) is 0 Å². The maximum atomic E-state index is 6.06. The molecule has 2 N–H and O–H groups in total. The van der Waals surface area contributed by atoms with Gasteiger partial charge in [0.2, 0.25) is 0 Å². The van der Waals surface area contributed by atoms with E-state index in [-0.39, 0.29) is 6.04 Å². The lowest BCUT2D eigenvalue weighted by atomic mass is 10.00. The fourth-order valence-electron chi connectivity index (χ4n) is 1.82. The van der Waals surface area contributed by atoms with Gasteiger partial charge in [-0.05, 0) is 23.5 Å². The summed E-state index contributed by atoms with van der Waals surface area (Å²) in [5.74, 6) is 0.682. The summed E-state index contributed by atoms with van der Waals surface area (Å²) in [6.45, 7) is 6.19. The second kappa shape index (κ2) is 8.25. The van der Waals surface area contributed by atoms with Crippen molar-refractivity contribution in [3.8, 4) is 0 Å². The van der Waals surface area contributed by atoms with Crippen LogP contribution in [0.2, 0.25) is 0 Å². The molecule has 0 aliphatic heterocycles. The number of methoxy groups -OCH3 is 1. The van der Waals surface area contributed by atoms with Gasteiger partial charge in [0.25, 0.3) is 0 Å². The molecule has 1 rings (SSSR count). The average Bonchev–Trinajstić information content (AvgIpc) is 2.34. The maximum absolute atomic E-state index is 6.06. The van der Waals surface area contributed by atoms with Crippen molar-refractivity contribution in [3.05, 3.63) is 35.4 Å². The van der Waals surface area contributed by atoms with E-state index in [9.17, 15) is 0 Å². The quantitative estimate of drug-likeness (QED) is 0.722. The normalized spacial score (nSPS) is 12.9. The first kappa shape index (κ1) is 15.2. The van der Waals surface area contributed by atoms with Gasteiger partial charge in [0, 0.05) is 7.11 Å². The molecule has 0 aliphatic carbocycles. The summed E-state index contributed by atoms with van der Waals surface area (Å²) in [6.07, 6.45) is 1.11. The van der Waals surface area contributed by atoms with Gasteiger partial charge in [0.05, 0.1) is 25.9 Å². The zero-order chi connectivity index (χ0) is 13.4. The van der Waals surface area contributed by atoms with Crippen molar-refractivity contribution in [3.63, 3.8) is 0 Å². The highest BCUT2D eigenvalue weighted by Crippen LogP contribution is 2.14. The van der Waals surface area contributed by atoms with Crippen LogP contribution in [0.3, 0.4) is 0 Å². The molecule has 0 bridgehead atoms. The minimum absolute atomic E-state index is 0.0602. The fourth-order valence-corrected chi connectivity index (χ4v) is 1.82. The van der Waals surface area contributed by atoms with Crippen molar-refractivity contribution >= 4 is 0 Å². The fraction of sp³-hybridized carbons (Fsp3) is 0.600. The molecule has 0 radical (unpaired) electrons. The first-order chi connectivity index (χ1) is 8.63. The standard InChI is InChI=1S/C15H25NO2/c1-12(2)10-13-4-6-14(7-5-13)15(16)11-18-9-8-17-3/h4-7,12,15H,8-11,16H2,1-3H3. The van der Waals surface area contributed by atoms with E-state index in [0.29, 0.717) is 25.7 Å². The lowest BCUT2D eigenvalue weighted by Crippen LogP contribution is -2.18. The molecule has 0 aliphatic rings. The summed E-state index contributed by atoms with van der Waals surface area (Å²) in [5.41, 5.74) is 8.55. The van der Waals surface area contributed by atoms with Gasteiger partial charge in [-0.3, -0.25) is 0 Å². The average molecular weight is 251 g/mol. The Bertz CT molecular complexity index is 322. The van der Waals surface area contributed by atoms with Crippen molar-refractivity contribution in [1.82, 2.24) is 0 Å². The van der Waals surface area contributed by atoms with Crippen molar-refractivity contribution in [2.45, 2.75) is 26.3 Å². The lowest BCUT2D eigenvalue weighted by Gasteiger charge is -2.13. The van der Waals surface area contributed by atoms with E-state index >= 15 is 0 Å². The van der Waals surface area contributed by atoms with Crippen molar-refractivity contribution in [2.75, 3.05) is 26.9 Å². The second-order valence-electron chi connectivity index (χ2n) is 5.01.